The molecule has 266 valence electrons. The van der Waals surface area contributed by atoms with Gasteiger partial charge in [0.05, 0.1) is 6.61 Å². The van der Waals surface area contributed by atoms with Crippen LogP contribution in [0.3, 0.4) is 0 Å². The van der Waals surface area contributed by atoms with Crippen LogP contribution < -0.4 is 16.1 Å². The summed E-state index contributed by atoms with van der Waals surface area (Å²) in [4.78, 5) is 27.1. The first-order valence-electron chi connectivity index (χ1n) is 16.1. The van der Waals surface area contributed by atoms with E-state index < -0.39 is 44.8 Å². The van der Waals surface area contributed by atoms with Crippen molar-refractivity contribution in [1.29, 1.82) is 0 Å². The third-order valence-electron chi connectivity index (χ3n) is 6.86. The molecule has 1 fully saturated rings. The Morgan fingerprint density at radius 1 is 0.938 bits per heavy atom. The van der Waals surface area contributed by atoms with Gasteiger partial charge in [-0.3, -0.25) is 14.1 Å². The van der Waals surface area contributed by atoms with Crippen LogP contribution in [-0.2, 0) is 23.1 Å². The molecule has 0 saturated carbocycles. The van der Waals surface area contributed by atoms with Gasteiger partial charge < -0.3 is 30.5 Å². The molecular weight excluding hydrogens is 639 g/mol. The maximum absolute atomic E-state index is 12.9. The molecule has 0 spiro atoms. The monoisotopic (exact) mass is 690 g/mol. The van der Waals surface area contributed by atoms with Crippen molar-refractivity contribution in [3.05, 3.63) is 85.1 Å². The highest BCUT2D eigenvalue weighted by Gasteiger charge is 2.45. The number of nitrogens with one attached hydrogen (secondary N) is 2. The Bertz CT molecular complexity index is 1320. The quantitative estimate of drug-likeness (QED) is 0.0598. The van der Waals surface area contributed by atoms with Crippen LogP contribution in [0.25, 0.3) is 0 Å². The SMILES string of the molecule is CC/C=C\C/C=C\C/C=C\C/C=C\C/C=C\C/C=C\CCC(=O)NCCNP(=O)(OC)OC[C@H]1O[C@@H](n2cnc(C(N)=O)n2)[C@H](O)[C@@H]1O. The highest BCUT2D eigenvalue weighted by molar-refractivity contribution is 7.51. The zero-order valence-corrected chi connectivity index (χ0v) is 28.7. The van der Waals surface area contributed by atoms with E-state index in [4.69, 9.17) is 19.5 Å². The molecule has 5 atom stereocenters. The number of allylic oxidation sites excluding steroid dienone is 12. The predicted octanol–water partition coefficient (Wildman–Crippen LogP) is 3.95. The van der Waals surface area contributed by atoms with Crippen molar-refractivity contribution in [3.63, 3.8) is 0 Å². The second-order valence-electron chi connectivity index (χ2n) is 10.6. The molecule has 1 aliphatic rings. The van der Waals surface area contributed by atoms with Crippen molar-refractivity contribution in [2.45, 2.75) is 82.8 Å². The number of aliphatic hydroxyl groups is 2. The van der Waals surface area contributed by atoms with Gasteiger partial charge in [0.1, 0.15) is 24.6 Å². The third kappa shape index (κ3) is 16.1. The summed E-state index contributed by atoms with van der Waals surface area (Å²) in [6.45, 7) is 2.00. The number of carbonyl (C=O) groups is 2. The Morgan fingerprint density at radius 2 is 1.50 bits per heavy atom. The Kier molecular flexibility index (Phi) is 20.1. The molecule has 2 amide bonds. The van der Waals surface area contributed by atoms with Gasteiger partial charge in [-0.05, 0) is 44.9 Å². The van der Waals surface area contributed by atoms with Gasteiger partial charge in [0.2, 0.25) is 11.7 Å². The van der Waals surface area contributed by atoms with Crippen LogP contribution in [0, 0.1) is 0 Å². The van der Waals surface area contributed by atoms with Crippen LogP contribution in [0.1, 0.15) is 75.1 Å². The molecule has 1 saturated heterocycles. The second-order valence-corrected chi connectivity index (χ2v) is 12.6. The molecule has 1 aromatic rings. The average molecular weight is 691 g/mol. The second kappa shape index (κ2) is 23.8. The Balaban J connectivity index is 1.54. The maximum Gasteiger partial charge on any atom is 0.405 e. The number of rotatable bonds is 24. The molecule has 0 aromatic carbocycles. The van der Waals surface area contributed by atoms with Gasteiger partial charge in [-0.1, -0.05) is 79.8 Å². The van der Waals surface area contributed by atoms with E-state index in [0.29, 0.717) is 12.8 Å². The molecule has 2 rings (SSSR count). The van der Waals surface area contributed by atoms with Crippen molar-refractivity contribution in [2.75, 3.05) is 26.8 Å². The van der Waals surface area contributed by atoms with E-state index in [1.165, 1.54) is 7.11 Å². The van der Waals surface area contributed by atoms with E-state index in [9.17, 15) is 24.4 Å². The molecule has 1 aromatic heterocycles. The van der Waals surface area contributed by atoms with E-state index in [-0.39, 0.29) is 24.8 Å². The van der Waals surface area contributed by atoms with Crippen LogP contribution in [-0.4, -0.2) is 81.9 Å². The van der Waals surface area contributed by atoms with Crippen LogP contribution in [0.5, 0.6) is 0 Å². The number of primary amides is 1. The number of aromatic nitrogens is 3. The van der Waals surface area contributed by atoms with Crippen LogP contribution in [0.15, 0.2) is 79.2 Å². The fourth-order valence-electron chi connectivity index (χ4n) is 4.27. The van der Waals surface area contributed by atoms with E-state index in [1.807, 2.05) is 12.2 Å². The zero-order chi connectivity index (χ0) is 35.0. The van der Waals surface area contributed by atoms with Crippen molar-refractivity contribution in [1.82, 2.24) is 25.2 Å². The highest BCUT2D eigenvalue weighted by Crippen LogP contribution is 2.43. The van der Waals surface area contributed by atoms with Gasteiger partial charge in [-0.15, -0.1) is 5.10 Å². The van der Waals surface area contributed by atoms with E-state index in [2.05, 4.69) is 88.2 Å². The highest BCUT2D eigenvalue weighted by atomic mass is 31.2. The summed E-state index contributed by atoms with van der Waals surface area (Å²) in [5.74, 6) is -1.30. The van der Waals surface area contributed by atoms with E-state index in [0.717, 1.165) is 49.5 Å². The molecule has 2 heterocycles. The molecule has 1 unspecified atom stereocenters. The summed E-state index contributed by atoms with van der Waals surface area (Å²) >= 11 is 0. The van der Waals surface area contributed by atoms with Gasteiger partial charge in [-0.2, -0.15) is 0 Å². The molecule has 0 bridgehead atoms. The van der Waals surface area contributed by atoms with Crippen LogP contribution in [0.2, 0.25) is 0 Å². The van der Waals surface area contributed by atoms with Gasteiger partial charge in [0.15, 0.2) is 6.23 Å². The molecule has 6 N–H and O–H groups in total. The van der Waals surface area contributed by atoms with Gasteiger partial charge in [-0.25, -0.2) is 19.3 Å². The summed E-state index contributed by atoms with van der Waals surface area (Å²) < 4.78 is 29.9. The molecule has 0 radical (unpaired) electrons. The lowest BCUT2D eigenvalue weighted by Gasteiger charge is -2.20. The predicted molar refractivity (Wildman–Crippen MR) is 183 cm³/mol. The Morgan fingerprint density at radius 3 is 2.02 bits per heavy atom. The molecule has 1 aliphatic heterocycles. The van der Waals surface area contributed by atoms with Gasteiger partial charge in [0, 0.05) is 26.6 Å². The summed E-state index contributed by atoms with van der Waals surface area (Å²) in [6.07, 6.45) is 28.1. The number of nitrogens with two attached hydrogens (primary N) is 1. The molecular formula is C33H51N6O8P. The topological polar surface area (TPSA) is 200 Å². The van der Waals surface area contributed by atoms with Gasteiger partial charge in [0.25, 0.3) is 5.91 Å². The van der Waals surface area contributed by atoms with E-state index >= 15 is 0 Å². The largest absolute Gasteiger partial charge is 0.405 e. The first kappa shape index (κ1) is 40.7. The molecule has 48 heavy (non-hydrogen) atoms. The molecule has 0 aliphatic carbocycles. The first-order valence-corrected chi connectivity index (χ1v) is 17.7. The first-order chi connectivity index (χ1) is 23.2. The number of ether oxygens (including phenoxy) is 1. The number of carbonyl (C=O) groups excluding carboxylic acids is 2. The average Bonchev–Trinajstić information content (AvgIpc) is 3.68. The number of aliphatic hydroxyl groups excluding tert-OH is 2. The van der Waals surface area contributed by atoms with Crippen molar-refractivity contribution < 1.29 is 38.2 Å². The summed E-state index contributed by atoms with van der Waals surface area (Å²) in [7, 11) is -2.63. The zero-order valence-electron chi connectivity index (χ0n) is 27.8. The molecule has 14 nitrogen and oxygen atoms in total. The number of hydrogen-bond acceptors (Lipinski definition) is 10. The Labute approximate surface area is 283 Å². The van der Waals surface area contributed by atoms with Crippen LogP contribution in [0.4, 0.5) is 0 Å². The lowest BCUT2D eigenvalue weighted by atomic mass is 10.1. The lowest BCUT2D eigenvalue weighted by Crippen LogP contribution is -2.35. The minimum Gasteiger partial charge on any atom is -0.387 e. The number of hydrogen-bond donors (Lipinski definition) is 5. The minimum atomic E-state index is -3.82. The van der Waals surface area contributed by atoms with Crippen molar-refractivity contribution in [3.8, 4) is 0 Å². The van der Waals surface area contributed by atoms with Crippen molar-refractivity contribution in [2.24, 2.45) is 5.73 Å². The molecule has 15 heteroatoms. The summed E-state index contributed by atoms with van der Waals surface area (Å²) in [5.41, 5.74) is 5.14. The normalized spacial score (nSPS) is 21.6. The minimum absolute atomic E-state index is 0.0882. The fraction of sp³-hybridized carbons (Fsp3) is 0.515. The summed E-state index contributed by atoms with van der Waals surface area (Å²) in [6, 6.07) is 0. The third-order valence-corrected chi connectivity index (χ3v) is 8.44. The van der Waals surface area contributed by atoms with Crippen molar-refractivity contribution >= 4 is 19.6 Å². The number of amides is 2. The maximum atomic E-state index is 12.9. The van der Waals surface area contributed by atoms with Gasteiger partial charge >= 0.3 is 7.75 Å². The Hall–Kier alpha value is -3.49. The fourth-order valence-corrected chi connectivity index (χ4v) is 5.32. The lowest BCUT2D eigenvalue weighted by molar-refractivity contribution is -0.120. The van der Waals surface area contributed by atoms with Crippen LogP contribution >= 0.6 is 7.75 Å². The standard InChI is InChI=1S/C33H51N6O8P/c1-3-4-5-6-7-8-9-10-11-12-13-14-15-16-17-18-19-20-21-22-28(40)35-23-24-37-48(44,45-2)46-25-27-29(41)30(42)33(47-27)39-26-36-32(38-39)31(34)43/h4-5,7-8,10-11,13-14,16-17,19-20,26-27,29-30,33,41-42H,3,6,9,12,15,18,21-25H2,1-2H3,(H2,34,43)(H,35,40)(H,37,44)/b5-4-,8-7-,11-10-,14-13-,17-16-,20-19-/t27-,29-,30-,33-,48?/m1/s1. The number of nitrogens with zero attached hydrogens (tertiary/aromatic N) is 3. The van der Waals surface area contributed by atoms with E-state index in [1.54, 1.807) is 0 Å². The summed E-state index contributed by atoms with van der Waals surface area (Å²) in [5, 5.41) is 29.9. The smallest absolute Gasteiger partial charge is 0.387 e.